The second kappa shape index (κ2) is 7.42. The van der Waals surface area contributed by atoms with E-state index in [0.29, 0.717) is 5.56 Å². The Morgan fingerprint density at radius 2 is 2.12 bits per heavy atom. The summed E-state index contributed by atoms with van der Waals surface area (Å²) in [5.74, 6) is -0.0404. The summed E-state index contributed by atoms with van der Waals surface area (Å²) in [4.78, 5) is 34.4. The van der Waals surface area contributed by atoms with E-state index in [1.54, 1.807) is 0 Å². The van der Waals surface area contributed by atoms with Gasteiger partial charge in [-0.05, 0) is 11.1 Å². The first-order valence-electron chi connectivity index (χ1n) is 6.51. The lowest BCUT2D eigenvalue weighted by Gasteiger charge is -2.18. The van der Waals surface area contributed by atoms with Gasteiger partial charge in [0.15, 0.2) is 6.23 Å². The minimum absolute atomic E-state index is 0.0404. The Kier molecular flexibility index (Phi) is 5.94. The number of ether oxygens (including phenoxy) is 1. The molecular formula is C11H15BrN3O8P. The van der Waals surface area contributed by atoms with Crippen molar-refractivity contribution in [2.45, 2.75) is 24.5 Å². The Morgan fingerprint density at radius 3 is 2.71 bits per heavy atom. The van der Waals surface area contributed by atoms with E-state index in [9.17, 15) is 19.6 Å². The molecule has 0 aliphatic carbocycles. The molecule has 2 heterocycles. The number of nitrogens with zero attached hydrogens (tertiary/aromatic N) is 2. The fourth-order valence-electron chi connectivity index (χ4n) is 2.14. The van der Waals surface area contributed by atoms with E-state index >= 15 is 0 Å². The summed E-state index contributed by atoms with van der Waals surface area (Å²) in [6.45, 7) is -0.676. The molecule has 1 saturated heterocycles. The van der Waals surface area contributed by atoms with Gasteiger partial charge >= 0.3 is 13.5 Å². The average molecular weight is 428 g/mol. The van der Waals surface area contributed by atoms with Crippen molar-refractivity contribution in [2.24, 2.45) is 0 Å². The fourth-order valence-corrected chi connectivity index (χ4v) is 2.77. The van der Waals surface area contributed by atoms with Crippen molar-refractivity contribution in [2.75, 3.05) is 12.3 Å². The highest BCUT2D eigenvalue weighted by atomic mass is 79.9. The molecule has 0 bridgehead atoms. The summed E-state index contributed by atoms with van der Waals surface area (Å²) < 4.78 is 21.2. The monoisotopic (exact) mass is 427 g/mol. The number of hydrogen-bond acceptors (Lipinski definition) is 8. The van der Waals surface area contributed by atoms with E-state index < -0.39 is 44.7 Å². The molecule has 0 aromatic carbocycles. The maximum Gasteiger partial charge on any atom is 0.469 e. The van der Waals surface area contributed by atoms with Gasteiger partial charge in [0.1, 0.15) is 24.1 Å². The van der Waals surface area contributed by atoms with E-state index in [4.69, 9.17) is 20.3 Å². The van der Waals surface area contributed by atoms with Crippen LogP contribution in [-0.2, 0) is 13.8 Å². The number of aliphatic hydroxyl groups is 2. The van der Waals surface area contributed by atoms with Gasteiger partial charge in [-0.25, -0.2) is 9.36 Å². The van der Waals surface area contributed by atoms with Crippen molar-refractivity contribution in [3.63, 3.8) is 0 Å². The van der Waals surface area contributed by atoms with Gasteiger partial charge < -0.3 is 30.5 Å². The number of nitrogen functional groups attached to an aromatic ring is 1. The van der Waals surface area contributed by atoms with Crippen molar-refractivity contribution >= 4 is 35.6 Å². The number of anilines is 1. The van der Waals surface area contributed by atoms with Gasteiger partial charge in [0.05, 0.1) is 6.61 Å². The van der Waals surface area contributed by atoms with Crippen LogP contribution in [0.1, 0.15) is 11.8 Å². The van der Waals surface area contributed by atoms with E-state index in [2.05, 4.69) is 25.4 Å². The van der Waals surface area contributed by atoms with E-state index in [1.165, 1.54) is 17.3 Å². The maximum absolute atomic E-state index is 12.0. The molecule has 0 spiro atoms. The third-order valence-corrected chi connectivity index (χ3v) is 4.02. The van der Waals surface area contributed by atoms with E-state index in [0.717, 1.165) is 4.57 Å². The van der Waals surface area contributed by atoms with Gasteiger partial charge in [0, 0.05) is 11.8 Å². The SMILES string of the molecule is Nc1nc(=O)n([C@@H]2O[C@H](COP(=O)(O)O)C(O)C2O)cc1/C=C/Br. The van der Waals surface area contributed by atoms with Crippen molar-refractivity contribution < 1.29 is 33.8 Å². The molecule has 4 atom stereocenters. The van der Waals surface area contributed by atoms with Crippen LogP contribution in [0.5, 0.6) is 0 Å². The molecule has 6 N–H and O–H groups in total. The van der Waals surface area contributed by atoms with E-state index in [1.807, 2.05) is 0 Å². The molecule has 1 aliphatic heterocycles. The zero-order chi connectivity index (χ0) is 18.1. The highest BCUT2D eigenvalue weighted by molar-refractivity contribution is 9.11. The molecule has 0 saturated carbocycles. The zero-order valence-corrected chi connectivity index (χ0v) is 14.4. The van der Waals surface area contributed by atoms with Gasteiger partial charge in [0.2, 0.25) is 0 Å². The van der Waals surface area contributed by atoms with Crippen molar-refractivity contribution in [1.29, 1.82) is 0 Å². The molecule has 1 aromatic heterocycles. The molecule has 0 amide bonds. The minimum Gasteiger partial charge on any atom is -0.387 e. The second-order valence-electron chi connectivity index (χ2n) is 4.90. The van der Waals surface area contributed by atoms with Crippen LogP contribution in [0, 0.1) is 0 Å². The first kappa shape index (κ1) is 19.2. The summed E-state index contributed by atoms with van der Waals surface area (Å²) in [5, 5.41) is 20.0. The summed E-state index contributed by atoms with van der Waals surface area (Å²) in [6, 6.07) is 0. The van der Waals surface area contributed by atoms with Gasteiger partial charge in [-0.1, -0.05) is 15.9 Å². The van der Waals surface area contributed by atoms with Crippen LogP contribution in [0.2, 0.25) is 0 Å². The van der Waals surface area contributed by atoms with Gasteiger partial charge in [-0.2, -0.15) is 4.98 Å². The smallest absolute Gasteiger partial charge is 0.387 e. The third-order valence-electron chi connectivity index (χ3n) is 3.27. The number of halogens is 1. The summed E-state index contributed by atoms with van der Waals surface area (Å²) in [5.41, 5.74) is 5.13. The number of aliphatic hydroxyl groups excluding tert-OH is 2. The lowest BCUT2D eigenvalue weighted by atomic mass is 10.1. The van der Waals surface area contributed by atoms with Crippen LogP contribution in [0.3, 0.4) is 0 Å². The van der Waals surface area contributed by atoms with Gasteiger partial charge in [0.25, 0.3) is 0 Å². The van der Waals surface area contributed by atoms with Crippen molar-refractivity contribution in [1.82, 2.24) is 9.55 Å². The first-order valence-corrected chi connectivity index (χ1v) is 8.95. The average Bonchev–Trinajstić information content (AvgIpc) is 2.75. The quantitative estimate of drug-likeness (QED) is 0.363. The van der Waals surface area contributed by atoms with Crippen molar-refractivity contribution in [3.05, 3.63) is 27.2 Å². The van der Waals surface area contributed by atoms with Gasteiger partial charge in [-0.15, -0.1) is 0 Å². The summed E-state index contributed by atoms with van der Waals surface area (Å²) >= 11 is 3.05. The van der Waals surface area contributed by atoms with Crippen LogP contribution >= 0.6 is 23.8 Å². The maximum atomic E-state index is 12.0. The molecule has 24 heavy (non-hydrogen) atoms. The Morgan fingerprint density at radius 1 is 1.46 bits per heavy atom. The third kappa shape index (κ3) is 4.29. The number of hydrogen-bond donors (Lipinski definition) is 5. The summed E-state index contributed by atoms with van der Waals surface area (Å²) in [6.07, 6.45) is -2.87. The summed E-state index contributed by atoms with van der Waals surface area (Å²) in [7, 11) is -4.77. The number of nitrogens with two attached hydrogens (primary N) is 1. The molecule has 2 unspecified atom stereocenters. The molecule has 1 aliphatic rings. The number of phosphoric ester groups is 1. The zero-order valence-electron chi connectivity index (χ0n) is 12.0. The van der Waals surface area contributed by atoms with Crippen LogP contribution in [0.25, 0.3) is 6.08 Å². The molecule has 134 valence electrons. The fraction of sp³-hybridized carbons (Fsp3) is 0.455. The number of phosphoric acid groups is 1. The minimum atomic E-state index is -4.77. The van der Waals surface area contributed by atoms with Crippen LogP contribution in [0.4, 0.5) is 5.82 Å². The second-order valence-corrected chi connectivity index (χ2v) is 6.66. The Labute approximate surface area is 143 Å². The first-order chi connectivity index (χ1) is 11.1. The van der Waals surface area contributed by atoms with Gasteiger partial charge in [-0.3, -0.25) is 9.09 Å². The van der Waals surface area contributed by atoms with Crippen molar-refractivity contribution in [3.8, 4) is 0 Å². The predicted octanol–water partition coefficient (Wildman–Crippen LogP) is -1.08. The lowest BCUT2D eigenvalue weighted by molar-refractivity contribution is -0.0542. The Bertz CT molecular complexity index is 734. The highest BCUT2D eigenvalue weighted by Crippen LogP contribution is 2.38. The molecular weight excluding hydrogens is 413 g/mol. The number of rotatable bonds is 5. The van der Waals surface area contributed by atoms with Crippen LogP contribution in [-0.4, -0.2) is 54.5 Å². The van der Waals surface area contributed by atoms with Crippen LogP contribution < -0.4 is 11.4 Å². The molecule has 13 heteroatoms. The normalized spacial score (nSPS) is 27.9. The standard InChI is InChI=1S/C11H15BrN3O8P/c12-2-1-5-3-15(11(18)14-9(5)13)10-8(17)7(16)6(23-10)4-22-24(19,20)21/h1-3,6-8,10,16-17H,4H2,(H2,13,14,18)(H2,19,20,21)/b2-1+/t6-,7?,8?,10-/m1/s1. The predicted molar refractivity (Wildman–Crippen MR) is 84.8 cm³/mol. The molecule has 1 fully saturated rings. The highest BCUT2D eigenvalue weighted by Gasteiger charge is 2.45. The molecule has 2 rings (SSSR count). The molecule has 0 radical (unpaired) electrons. The largest absolute Gasteiger partial charge is 0.469 e. The topological polar surface area (TPSA) is 177 Å². The van der Waals surface area contributed by atoms with Crippen LogP contribution in [0.15, 0.2) is 16.0 Å². The molecule has 11 nitrogen and oxygen atoms in total. The van der Waals surface area contributed by atoms with E-state index in [-0.39, 0.29) is 5.82 Å². The Balaban J connectivity index is 2.28. The molecule has 1 aromatic rings. The Hall–Kier alpha value is -1.11. The lowest BCUT2D eigenvalue weighted by Crippen LogP contribution is -2.36. The number of aromatic nitrogens is 2.